The maximum Gasteiger partial charge on any atom is 0.146 e. The smallest absolute Gasteiger partial charge is 0.146 e. The maximum atomic E-state index is 13.3. The van der Waals surface area contributed by atoms with Gasteiger partial charge in [-0.3, -0.25) is 0 Å². The number of hydrogen-bond acceptors (Lipinski definition) is 2. The van der Waals surface area contributed by atoms with Crippen LogP contribution in [0, 0.1) is 9.39 Å². The van der Waals surface area contributed by atoms with Crippen LogP contribution in [0.4, 0.5) is 4.39 Å². The van der Waals surface area contributed by atoms with Gasteiger partial charge >= 0.3 is 0 Å². The van der Waals surface area contributed by atoms with E-state index in [4.69, 9.17) is 16.6 Å². The molecule has 0 N–H and O–H groups in total. The first-order valence-corrected chi connectivity index (χ1v) is 8.55. The van der Waals surface area contributed by atoms with Crippen molar-refractivity contribution in [3.05, 3.63) is 55.9 Å². The van der Waals surface area contributed by atoms with Crippen molar-refractivity contribution in [2.24, 2.45) is 0 Å². The second-order valence-corrected chi connectivity index (χ2v) is 6.85. The molecular weight excluding hydrogens is 402 g/mol. The summed E-state index contributed by atoms with van der Waals surface area (Å²) in [6.07, 6.45) is 5.35. The number of aromatic nitrogens is 2. The van der Waals surface area contributed by atoms with Crippen molar-refractivity contribution in [3.8, 4) is 0 Å². The first-order valence-electron chi connectivity index (χ1n) is 7.10. The minimum Gasteiger partial charge on any atom is -0.236 e. The van der Waals surface area contributed by atoms with Crippen LogP contribution in [-0.2, 0) is 6.42 Å². The van der Waals surface area contributed by atoms with Gasteiger partial charge in [0.2, 0.25) is 0 Å². The van der Waals surface area contributed by atoms with Crippen LogP contribution in [0.5, 0.6) is 0 Å². The van der Waals surface area contributed by atoms with Crippen molar-refractivity contribution in [1.82, 2.24) is 9.97 Å². The van der Waals surface area contributed by atoms with Crippen molar-refractivity contribution in [2.45, 2.75) is 38.0 Å². The third-order valence-corrected chi connectivity index (χ3v) is 5.53. The molecule has 1 saturated carbocycles. The Morgan fingerprint density at radius 2 is 2.00 bits per heavy atom. The summed E-state index contributed by atoms with van der Waals surface area (Å²) in [5.41, 5.74) is 1.93. The molecule has 0 unspecified atom stereocenters. The van der Waals surface area contributed by atoms with Crippen molar-refractivity contribution >= 4 is 34.2 Å². The van der Waals surface area contributed by atoms with Gasteiger partial charge in [0.1, 0.15) is 16.8 Å². The normalized spacial score (nSPS) is 15.6. The fraction of sp³-hybridized carbons (Fsp3) is 0.375. The Balaban J connectivity index is 1.92. The predicted octanol–water partition coefficient (Wildman–Crippen LogP) is 5.12. The highest BCUT2D eigenvalue weighted by Crippen LogP contribution is 2.36. The number of nitrogens with zero attached hydrogens (tertiary/aromatic N) is 2. The molecule has 3 rings (SSSR count). The summed E-state index contributed by atoms with van der Waals surface area (Å²) in [5, 5.41) is 0.513. The molecule has 0 saturated heterocycles. The van der Waals surface area contributed by atoms with Crippen LogP contribution >= 0.6 is 34.2 Å². The van der Waals surface area contributed by atoms with E-state index < -0.39 is 0 Å². The molecule has 5 heteroatoms. The summed E-state index contributed by atoms with van der Waals surface area (Å²) >= 11 is 8.49. The number of benzene rings is 1. The molecule has 0 bridgehead atoms. The van der Waals surface area contributed by atoms with Gasteiger partial charge in [0.25, 0.3) is 0 Å². The number of halogens is 3. The lowest BCUT2D eigenvalue weighted by molar-refractivity contribution is 0.625. The Bertz CT molecular complexity index is 657. The molecule has 0 aliphatic heterocycles. The van der Waals surface area contributed by atoms with Crippen LogP contribution in [0.3, 0.4) is 0 Å². The minimum absolute atomic E-state index is 0.236. The Morgan fingerprint density at radius 3 is 2.71 bits per heavy atom. The zero-order valence-corrected chi connectivity index (χ0v) is 14.4. The van der Waals surface area contributed by atoms with Crippen molar-refractivity contribution < 1.29 is 4.39 Å². The lowest BCUT2D eigenvalue weighted by Gasteiger charge is -2.13. The predicted molar refractivity (Wildman–Crippen MR) is 90.2 cm³/mol. The molecule has 2 nitrogen and oxygen atoms in total. The summed E-state index contributed by atoms with van der Waals surface area (Å²) < 4.78 is 14.2. The van der Waals surface area contributed by atoms with E-state index >= 15 is 0 Å². The SMILES string of the molecule is Fc1cccc(Cc2nc(Cl)c(I)c(C3CCCC3)n2)c1. The van der Waals surface area contributed by atoms with Crippen LogP contribution in [0.1, 0.15) is 48.7 Å². The molecule has 1 aromatic carbocycles. The summed E-state index contributed by atoms with van der Waals surface area (Å²) in [6, 6.07) is 6.55. The standard InChI is InChI=1S/C16H15ClFIN2/c17-16-14(19)15(11-5-1-2-6-11)20-13(21-16)9-10-4-3-7-12(18)8-10/h3-4,7-8,11H,1-2,5-6,9H2. The van der Waals surface area contributed by atoms with Crippen LogP contribution in [0.25, 0.3) is 0 Å². The van der Waals surface area contributed by atoms with Gasteiger partial charge < -0.3 is 0 Å². The summed E-state index contributed by atoms with van der Waals surface area (Å²) in [6.45, 7) is 0. The van der Waals surface area contributed by atoms with E-state index in [2.05, 4.69) is 27.6 Å². The van der Waals surface area contributed by atoms with Gasteiger partial charge in [0, 0.05) is 12.3 Å². The zero-order valence-electron chi connectivity index (χ0n) is 11.5. The second-order valence-electron chi connectivity index (χ2n) is 5.42. The average Bonchev–Trinajstić information content (AvgIpc) is 2.96. The molecule has 110 valence electrons. The van der Waals surface area contributed by atoms with E-state index in [0.29, 0.717) is 23.3 Å². The largest absolute Gasteiger partial charge is 0.236 e. The monoisotopic (exact) mass is 416 g/mol. The third kappa shape index (κ3) is 3.54. The molecule has 1 aliphatic rings. The van der Waals surface area contributed by atoms with Gasteiger partial charge in [-0.25, -0.2) is 14.4 Å². The molecule has 0 amide bonds. The highest BCUT2D eigenvalue weighted by atomic mass is 127. The molecular formula is C16H15ClFIN2. The number of rotatable bonds is 3. The zero-order chi connectivity index (χ0) is 14.8. The lowest BCUT2D eigenvalue weighted by atomic mass is 10.0. The Morgan fingerprint density at radius 1 is 1.24 bits per heavy atom. The van der Waals surface area contributed by atoms with Gasteiger partial charge in [-0.2, -0.15) is 0 Å². The summed E-state index contributed by atoms with van der Waals surface area (Å²) in [7, 11) is 0. The van der Waals surface area contributed by atoms with Gasteiger partial charge in [-0.1, -0.05) is 36.6 Å². The van der Waals surface area contributed by atoms with E-state index in [0.717, 1.165) is 14.8 Å². The van der Waals surface area contributed by atoms with Gasteiger partial charge in [0.15, 0.2) is 0 Å². The Kier molecular flexibility index (Phi) is 4.74. The minimum atomic E-state index is -0.236. The molecule has 1 aliphatic carbocycles. The van der Waals surface area contributed by atoms with E-state index in [1.165, 1.54) is 37.8 Å². The Labute approximate surface area is 142 Å². The van der Waals surface area contributed by atoms with Gasteiger partial charge in [0.05, 0.1) is 9.26 Å². The van der Waals surface area contributed by atoms with E-state index in [9.17, 15) is 4.39 Å². The van der Waals surface area contributed by atoms with E-state index in [1.54, 1.807) is 6.07 Å². The lowest BCUT2D eigenvalue weighted by Crippen LogP contribution is -2.07. The summed E-state index contributed by atoms with van der Waals surface area (Å²) in [4.78, 5) is 9.07. The van der Waals surface area contributed by atoms with Gasteiger partial charge in [-0.15, -0.1) is 0 Å². The van der Waals surface area contributed by atoms with Crippen molar-refractivity contribution in [2.75, 3.05) is 0 Å². The molecule has 1 aromatic heterocycles. The molecule has 0 spiro atoms. The first kappa shape index (κ1) is 15.2. The number of hydrogen-bond donors (Lipinski definition) is 0. The molecule has 1 heterocycles. The van der Waals surface area contributed by atoms with Crippen LogP contribution in [0.2, 0.25) is 5.15 Å². The maximum absolute atomic E-state index is 13.3. The molecule has 1 fully saturated rings. The van der Waals surface area contributed by atoms with Gasteiger partial charge in [-0.05, 0) is 53.1 Å². The second kappa shape index (κ2) is 6.57. The Hall–Kier alpha value is -0.750. The fourth-order valence-corrected chi connectivity index (χ4v) is 3.74. The first-order chi connectivity index (χ1) is 10.1. The van der Waals surface area contributed by atoms with E-state index in [1.807, 2.05) is 6.07 Å². The molecule has 2 aromatic rings. The van der Waals surface area contributed by atoms with E-state index in [-0.39, 0.29) is 5.82 Å². The average molecular weight is 417 g/mol. The molecule has 0 atom stereocenters. The molecule has 21 heavy (non-hydrogen) atoms. The quantitative estimate of drug-likeness (QED) is 0.512. The van der Waals surface area contributed by atoms with Crippen LogP contribution < -0.4 is 0 Å². The van der Waals surface area contributed by atoms with Crippen molar-refractivity contribution in [1.29, 1.82) is 0 Å². The van der Waals surface area contributed by atoms with Crippen LogP contribution in [0.15, 0.2) is 24.3 Å². The van der Waals surface area contributed by atoms with Crippen LogP contribution in [-0.4, -0.2) is 9.97 Å². The topological polar surface area (TPSA) is 25.8 Å². The fourth-order valence-electron chi connectivity index (χ4n) is 2.86. The third-order valence-electron chi connectivity index (χ3n) is 3.88. The summed E-state index contributed by atoms with van der Waals surface area (Å²) in [5.74, 6) is 0.928. The highest BCUT2D eigenvalue weighted by Gasteiger charge is 2.23. The molecule has 0 radical (unpaired) electrons. The van der Waals surface area contributed by atoms with Crippen molar-refractivity contribution in [3.63, 3.8) is 0 Å². The highest BCUT2D eigenvalue weighted by molar-refractivity contribution is 14.1.